The third kappa shape index (κ3) is 2.40. The molecule has 0 aliphatic carbocycles. The molecule has 1 aromatic rings. The van der Waals surface area contributed by atoms with Gasteiger partial charge in [0.25, 0.3) is 5.91 Å². The van der Waals surface area contributed by atoms with Crippen molar-refractivity contribution in [1.82, 2.24) is 4.90 Å². The van der Waals surface area contributed by atoms with Crippen LogP contribution in [-0.2, 0) is 0 Å². The second-order valence-corrected chi connectivity index (χ2v) is 7.14. The molecule has 1 saturated heterocycles. The zero-order valence-electron chi connectivity index (χ0n) is 11.6. The van der Waals surface area contributed by atoms with Crippen LogP contribution in [0.4, 0.5) is 5.69 Å². The molecule has 1 fully saturated rings. The molecule has 1 amide bonds. The van der Waals surface area contributed by atoms with E-state index in [9.17, 15) is 4.79 Å². The summed E-state index contributed by atoms with van der Waals surface area (Å²) in [6, 6.07) is 3.36. The quantitative estimate of drug-likeness (QED) is 0.802. The van der Waals surface area contributed by atoms with E-state index in [1.807, 2.05) is 16.7 Å². The lowest BCUT2D eigenvalue weighted by Crippen LogP contribution is -2.44. The first-order chi connectivity index (χ1) is 9.54. The van der Waals surface area contributed by atoms with Crippen LogP contribution in [0.2, 0.25) is 0 Å². The number of thioether (sulfide) groups is 1. The maximum atomic E-state index is 12.7. The fourth-order valence-corrected chi connectivity index (χ4v) is 3.98. The molecule has 2 heterocycles. The molecule has 0 saturated carbocycles. The van der Waals surface area contributed by atoms with Crippen LogP contribution in [0.1, 0.15) is 24.2 Å². The molecule has 2 unspecified atom stereocenters. The summed E-state index contributed by atoms with van der Waals surface area (Å²) < 4.78 is 10.6. The van der Waals surface area contributed by atoms with Gasteiger partial charge in [0, 0.05) is 35.3 Å². The maximum absolute atomic E-state index is 12.7. The van der Waals surface area contributed by atoms with Crippen LogP contribution < -0.4 is 15.2 Å². The van der Waals surface area contributed by atoms with Gasteiger partial charge in [-0.1, -0.05) is 13.8 Å². The number of benzene rings is 1. The Hall–Kier alpha value is -1.56. The van der Waals surface area contributed by atoms with Gasteiger partial charge in [-0.3, -0.25) is 4.79 Å². The Balaban J connectivity index is 1.87. The molecule has 0 aromatic heterocycles. The van der Waals surface area contributed by atoms with E-state index in [-0.39, 0.29) is 12.7 Å². The van der Waals surface area contributed by atoms with Gasteiger partial charge in [-0.15, -0.1) is 0 Å². The summed E-state index contributed by atoms with van der Waals surface area (Å²) in [4.78, 5) is 14.5. The van der Waals surface area contributed by atoms with Crippen LogP contribution in [-0.4, -0.2) is 41.2 Å². The van der Waals surface area contributed by atoms with Gasteiger partial charge >= 0.3 is 0 Å². The lowest BCUT2D eigenvalue weighted by Gasteiger charge is -2.34. The molecular formula is C14H18N2O3S. The topological polar surface area (TPSA) is 64.8 Å². The molecule has 0 radical (unpaired) electrons. The highest BCUT2D eigenvalue weighted by molar-refractivity contribution is 8.00. The van der Waals surface area contributed by atoms with Crippen LogP contribution in [0.15, 0.2) is 12.1 Å². The van der Waals surface area contributed by atoms with Gasteiger partial charge in [-0.05, 0) is 6.07 Å². The lowest BCUT2D eigenvalue weighted by molar-refractivity contribution is 0.0754. The smallest absolute Gasteiger partial charge is 0.256 e. The molecule has 5 nitrogen and oxygen atoms in total. The molecule has 2 aliphatic heterocycles. The number of rotatable bonds is 1. The molecule has 2 atom stereocenters. The second-order valence-electron chi connectivity index (χ2n) is 5.26. The molecule has 108 valence electrons. The summed E-state index contributed by atoms with van der Waals surface area (Å²) in [7, 11) is 0. The molecule has 20 heavy (non-hydrogen) atoms. The molecule has 3 rings (SSSR count). The summed E-state index contributed by atoms with van der Waals surface area (Å²) in [6.45, 7) is 5.97. The lowest BCUT2D eigenvalue weighted by atomic mass is 10.1. The van der Waals surface area contributed by atoms with Gasteiger partial charge in [0.2, 0.25) is 6.79 Å². The fourth-order valence-electron chi connectivity index (χ4n) is 2.66. The minimum atomic E-state index is -0.0280. The first kappa shape index (κ1) is 13.4. The third-order valence-electron chi connectivity index (χ3n) is 3.48. The van der Waals surface area contributed by atoms with Crippen molar-refractivity contribution < 1.29 is 14.3 Å². The van der Waals surface area contributed by atoms with Crippen molar-refractivity contribution in [3.63, 3.8) is 0 Å². The Morgan fingerprint density at radius 2 is 1.85 bits per heavy atom. The van der Waals surface area contributed by atoms with Gasteiger partial charge in [-0.2, -0.15) is 11.8 Å². The Bertz CT molecular complexity index is 539. The van der Waals surface area contributed by atoms with Crippen molar-refractivity contribution in [2.24, 2.45) is 0 Å². The number of hydrogen-bond donors (Lipinski definition) is 1. The number of nitrogens with zero attached hydrogens (tertiary/aromatic N) is 1. The number of fused-ring (bicyclic) bond motifs is 1. The number of ether oxygens (including phenoxy) is 2. The predicted octanol–water partition coefficient (Wildman–Crippen LogP) is 1.96. The van der Waals surface area contributed by atoms with E-state index in [1.165, 1.54) is 0 Å². The maximum Gasteiger partial charge on any atom is 0.256 e. The first-order valence-corrected chi connectivity index (χ1v) is 7.62. The van der Waals surface area contributed by atoms with E-state index < -0.39 is 0 Å². The van der Waals surface area contributed by atoms with Gasteiger partial charge in [0.1, 0.15) is 0 Å². The number of carbonyl (C=O) groups excluding carboxylic acids is 1. The Labute approximate surface area is 122 Å². The van der Waals surface area contributed by atoms with Gasteiger partial charge < -0.3 is 20.1 Å². The third-order valence-corrected chi connectivity index (χ3v) is 4.71. The predicted molar refractivity (Wildman–Crippen MR) is 79.4 cm³/mol. The Morgan fingerprint density at radius 3 is 2.50 bits per heavy atom. The van der Waals surface area contributed by atoms with E-state index in [2.05, 4.69) is 13.8 Å². The molecule has 2 aliphatic rings. The average Bonchev–Trinajstić information content (AvgIpc) is 2.82. The zero-order valence-corrected chi connectivity index (χ0v) is 12.4. The zero-order chi connectivity index (χ0) is 14.3. The average molecular weight is 294 g/mol. The number of nitrogen functional groups attached to an aromatic ring is 1. The Morgan fingerprint density at radius 1 is 1.25 bits per heavy atom. The van der Waals surface area contributed by atoms with Crippen molar-refractivity contribution in [1.29, 1.82) is 0 Å². The summed E-state index contributed by atoms with van der Waals surface area (Å²) in [6.07, 6.45) is 0. The van der Waals surface area contributed by atoms with E-state index in [1.54, 1.807) is 12.1 Å². The van der Waals surface area contributed by atoms with Crippen LogP contribution in [0.3, 0.4) is 0 Å². The van der Waals surface area contributed by atoms with Gasteiger partial charge in [-0.25, -0.2) is 0 Å². The molecule has 1 aromatic carbocycles. The Kier molecular flexibility index (Phi) is 3.41. The molecule has 6 heteroatoms. The molecule has 0 bridgehead atoms. The summed E-state index contributed by atoms with van der Waals surface area (Å²) in [5, 5.41) is 0.885. The number of amides is 1. The standard InChI is InChI=1S/C14H18N2O3S/c1-8-5-16(6-9(2)20-8)14(17)10-3-12-13(4-11(10)15)19-7-18-12/h3-4,8-9H,5-7,15H2,1-2H3. The largest absolute Gasteiger partial charge is 0.454 e. The highest BCUT2D eigenvalue weighted by Gasteiger charge is 2.29. The normalized spacial score (nSPS) is 24.8. The van der Waals surface area contributed by atoms with Crippen molar-refractivity contribution in [3.8, 4) is 11.5 Å². The van der Waals surface area contributed by atoms with E-state index >= 15 is 0 Å². The van der Waals surface area contributed by atoms with E-state index in [0.717, 1.165) is 13.1 Å². The fraction of sp³-hybridized carbons (Fsp3) is 0.500. The number of carbonyl (C=O) groups is 1. The number of anilines is 1. The van der Waals surface area contributed by atoms with Crippen LogP contribution >= 0.6 is 11.8 Å². The van der Waals surface area contributed by atoms with Crippen molar-refractivity contribution in [2.75, 3.05) is 25.6 Å². The minimum Gasteiger partial charge on any atom is -0.454 e. The highest BCUT2D eigenvalue weighted by atomic mass is 32.2. The van der Waals surface area contributed by atoms with Crippen molar-refractivity contribution >= 4 is 23.4 Å². The van der Waals surface area contributed by atoms with Gasteiger partial charge in [0.15, 0.2) is 11.5 Å². The van der Waals surface area contributed by atoms with E-state index in [4.69, 9.17) is 15.2 Å². The van der Waals surface area contributed by atoms with Gasteiger partial charge in [0.05, 0.1) is 5.56 Å². The summed E-state index contributed by atoms with van der Waals surface area (Å²) >= 11 is 1.91. The number of hydrogen-bond acceptors (Lipinski definition) is 5. The van der Waals surface area contributed by atoms with Crippen LogP contribution in [0.25, 0.3) is 0 Å². The SMILES string of the molecule is CC1CN(C(=O)c2cc3c(cc2N)OCO3)CC(C)S1. The van der Waals surface area contributed by atoms with Crippen molar-refractivity contribution in [3.05, 3.63) is 17.7 Å². The first-order valence-electron chi connectivity index (χ1n) is 6.68. The minimum absolute atomic E-state index is 0.0280. The molecule has 2 N–H and O–H groups in total. The van der Waals surface area contributed by atoms with Crippen molar-refractivity contribution in [2.45, 2.75) is 24.3 Å². The van der Waals surface area contributed by atoms with E-state index in [0.29, 0.717) is 33.2 Å². The van der Waals surface area contributed by atoms with Crippen LogP contribution in [0, 0.1) is 0 Å². The van der Waals surface area contributed by atoms with Crippen LogP contribution in [0.5, 0.6) is 11.5 Å². The second kappa shape index (κ2) is 5.09. The summed E-state index contributed by atoms with van der Waals surface area (Å²) in [5.41, 5.74) is 6.93. The molecular weight excluding hydrogens is 276 g/mol. The number of nitrogens with two attached hydrogens (primary N) is 1. The monoisotopic (exact) mass is 294 g/mol. The molecule has 0 spiro atoms. The summed E-state index contributed by atoms with van der Waals surface area (Å²) in [5.74, 6) is 1.17. The highest BCUT2D eigenvalue weighted by Crippen LogP contribution is 2.37.